The van der Waals surface area contributed by atoms with E-state index in [1.807, 2.05) is 11.8 Å². The normalized spacial score (nSPS) is 28.9. The Morgan fingerprint density at radius 1 is 1.06 bits per heavy atom. The fourth-order valence-corrected chi connectivity index (χ4v) is 8.71. The van der Waals surface area contributed by atoms with Gasteiger partial charge in [-0.25, -0.2) is 13.2 Å². The molecule has 5 atom stereocenters. The van der Waals surface area contributed by atoms with Crippen LogP contribution in [0.15, 0.2) is 30.5 Å². The summed E-state index contributed by atoms with van der Waals surface area (Å²) in [5, 5.41) is 32.6. The minimum Gasteiger partial charge on any atom is -0.508 e. The van der Waals surface area contributed by atoms with Gasteiger partial charge in [0.1, 0.15) is 47.5 Å². The first-order valence-corrected chi connectivity index (χ1v) is 17.2. The number of nitrogens with zero attached hydrogens (tertiary/aromatic N) is 5. The molecule has 1 unspecified atom stereocenters. The number of halogens is 3. The van der Waals surface area contributed by atoms with Crippen molar-refractivity contribution in [1.82, 2.24) is 19.9 Å². The second kappa shape index (κ2) is 12.2. The van der Waals surface area contributed by atoms with Crippen LogP contribution in [0.3, 0.4) is 0 Å². The number of phenolic OH excluding ortho intramolecular Hbond substituents is 1. The second-order valence-corrected chi connectivity index (χ2v) is 14.2. The van der Waals surface area contributed by atoms with E-state index >= 15 is 8.78 Å². The average Bonchev–Trinajstić information content (AvgIpc) is 3.61. The highest BCUT2D eigenvalue weighted by Gasteiger charge is 2.49. The van der Waals surface area contributed by atoms with Crippen LogP contribution in [0, 0.1) is 11.6 Å². The SMILES string of the molecule is CCc1c(F)ccc2cc(O)cc(-c3ncc4c(N5CCCC6(C[C@H](O)[C@H](O)CO6)C5)nc(OC[C@@]56CCCN5C[C@H](F)C6)nc4c3F)c12. The Labute approximate surface area is 281 Å². The quantitative estimate of drug-likeness (QED) is 0.261. The van der Waals surface area contributed by atoms with Crippen molar-refractivity contribution in [3.8, 4) is 23.0 Å². The molecule has 8 rings (SSSR count). The van der Waals surface area contributed by atoms with Gasteiger partial charge < -0.3 is 29.7 Å². The fourth-order valence-electron chi connectivity index (χ4n) is 8.71. The van der Waals surface area contributed by atoms with Gasteiger partial charge in [0.25, 0.3) is 0 Å². The topological polar surface area (TPSA) is 124 Å². The van der Waals surface area contributed by atoms with Gasteiger partial charge in [-0.1, -0.05) is 13.0 Å². The standard InChI is InChI=1S/C36H40F3N5O5/c1-2-23-26(38)6-5-20-11-22(45)12-24(29(20)23)31-30(39)32-25(15-40-31)33(43-9-4-8-36(18-43)14-27(46)28(47)17-49-36)42-34(41-32)48-19-35-7-3-10-44(35)16-21(37)13-35/h5-6,11-12,15,21,27-28,45-47H,2-4,7-10,13-14,16-19H2,1H3/t21-,27+,28-,35+,36?/m1/s1. The molecular formula is C36H40F3N5O5. The van der Waals surface area contributed by atoms with Gasteiger partial charge in [-0.15, -0.1) is 0 Å². The Balaban J connectivity index is 1.25. The summed E-state index contributed by atoms with van der Waals surface area (Å²) in [6.45, 7) is 3.96. The van der Waals surface area contributed by atoms with Crippen LogP contribution < -0.4 is 9.64 Å². The predicted molar refractivity (Wildman–Crippen MR) is 177 cm³/mol. The summed E-state index contributed by atoms with van der Waals surface area (Å²) in [5.41, 5.74) is -0.791. The Morgan fingerprint density at radius 2 is 1.90 bits per heavy atom. The molecule has 2 aromatic carbocycles. The number of aryl methyl sites for hydroxylation is 1. The lowest BCUT2D eigenvalue weighted by Crippen LogP contribution is -2.57. The van der Waals surface area contributed by atoms with Gasteiger partial charge in [0.05, 0.1) is 29.2 Å². The number of hydrogen-bond donors (Lipinski definition) is 3. The van der Waals surface area contributed by atoms with Crippen LogP contribution in [0.25, 0.3) is 32.9 Å². The Hall–Kier alpha value is -3.78. The molecule has 0 aliphatic carbocycles. The summed E-state index contributed by atoms with van der Waals surface area (Å²) in [6.07, 6.45) is 2.60. The van der Waals surface area contributed by atoms with Crippen molar-refractivity contribution >= 4 is 27.5 Å². The van der Waals surface area contributed by atoms with E-state index in [-0.39, 0.29) is 48.2 Å². The van der Waals surface area contributed by atoms with Crippen molar-refractivity contribution in [2.75, 3.05) is 44.3 Å². The molecule has 0 amide bonds. The third-order valence-electron chi connectivity index (χ3n) is 11.1. The number of aliphatic hydroxyl groups excluding tert-OH is 2. The zero-order valence-electron chi connectivity index (χ0n) is 27.3. The number of piperidine rings is 1. The number of pyridine rings is 1. The summed E-state index contributed by atoms with van der Waals surface area (Å²) >= 11 is 0. The largest absolute Gasteiger partial charge is 0.508 e. The van der Waals surface area contributed by atoms with Crippen LogP contribution in [0.2, 0.25) is 0 Å². The zero-order valence-corrected chi connectivity index (χ0v) is 27.3. The van der Waals surface area contributed by atoms with Crippen molar-refractivity contribution in [1.29, 1.82) is 0 Å². The summed E-state index contributed by atoms with van der Waals surface area (Å²) in [4.78, 5) is 18.0. The lowest BCUT2D eigenvalue weighted by molar-refractivity contribution is -0.174. The van der Waals surface area contributed by atoms with Crippen molar-refractivity contribution in [3.05, 3.63) is 47.7 Å². The number of rotatable bonds is 6. The summed E-state index contributed by atoms with van der Waals surface area (Å²) in [5.74, 6) is -0.967. The van der Waals surface area contributed by atoms with Gasteiger partial charge in [-0.3, -0.25) is 9.88 Å². The van der Waals surface area contributed by atoms with Crippen LogP contribution in [0.1, 0.15) is 51.0 Å². The molecule has 13 heteroatoms. The molecule has 1 spiro atoms. The van der Waals surface area contributed by atoms with Gasteiger partial charge in [0.2, 0.25) is 0 Å². The number of aliphatic hydroxyl groups is 2. The zero-order chi connectivity index (χ0) is 34.1. The third-order valence-corrected chi connectivity index (χ3v) is 11.1. The summed E-state index contributed by atoms with van der Waals surface area (Å²) < 4.78 is 58.9. The number of hydrogen-bond acceptors (Lipinski definition) is 10. The number of benzene rings is 2. The molecule has 49 heavy (non-hydrogen) atoms. The van der Waals surface area contributed by atoms with E-state index in [2.05, 4.69) is 14.9 Å². The number of fused-ring (bicyclic) bond motifs is 3. The molecule has 0 saturated carbocycles. The van der Waals surface area contributed by atoms with Crippen molar-refractivity contribution in [3.63, 3.8) is 0 Å². The minimum absolute atomic E-state index is 0.000197. The van der Waals surface area contributed by atoms with Gasteiger partial charge >= 0.3 is 6.01 Å². The highest BCUT2D eigenvalue weighted by atomic mass is 19.1. The molecule has 0 bridgehead atoms. The Bertz CT molecular complexity index is 1930. The molecule has 10 nitrogen and oxygen atoms in total. The first-order valence-electron chi connectivity index (χ1n) is 17.2. The van der Waals surface area contributed by atoms with E-state index in [0.717, 1.165) is 19.4 Å². The molecule has 2 aromatic heterocycles. The Morgan fingerprint density at radius 3 is 2.71 bits per heavy atom. The molecule has 3 N–H and O–H groups in total. The van der Waals surface area contributed by atoms with Crippen LogP contribution in [0.5, 0.6) is 11.8 Å². The molecule has 4 saturated heterocycles. The lowest BCUT2D eigenvalue weighted by Gasteiger charge is -2.47. The van der Waals surface area contributed by atoms with Crippen molar-refractivity contribution < 1.29 is 38.0 Å². The van der Waals surface area contributed by atoms with Gasteiger partial charge in [-0.05, 0) is 73.2 Å². The number of aromatic hydroxyl groups is 1. The molecule has 4 aliphatic heterocycles. The second-order valence-electron chi connectivity index (χ2n) is 14.2. The molecule has 4 aliphatic rings. The molecule has 260 valence electrons. The Kier molecular flexibility index (Phi) is 8.09. The van der Waals surface area contributed by atoms with Gasteiger partial charge in [-0.2, -0.15) is 9.97 Å². The number of alkyl halides is 1. The molecule has 6 heterocycles. The van der Waals surface area contributed by atoms with Gasteiger partial charge in [0, 0.05) is 44.2 Å². The number of anilines is 1. The van der Waals surface area contributed by atoms with Crippen LogP contribution in [-0.2, 0) is 11.2 Å². The lowest BCUT2D eigenvalue weighted by atomic mass is 9.83. The fraction of sp³-hybridized carbons (Fsp3) is 0.528. The molecule has 4 aromatic rings. The average molecular weight is 680 g/mol. The monoisotopic (exact) mass is 679 g/mol. The highest BCUT2D eigenvalue weighted by Crippen LogP contribution is 2.43. The van der Waals surface area contributed by atoms with E-state index in [1.165, 1.54) is 24.4 Å². The van der Waals surface area contributed by atoms with Crippen molar-refractivity contribution in [2.45, 2.75) is 81.4 Å². The highest BCUT2D eigenvalue weighted by molar-refractivity contribution is 6.01. The van der Waals surface area contributed by atoms with E-state index < -0.39 is 41.2 Å². The molecule has 4 fully saturated rings. The first-order chi connectivity index (χ1) is 23.6. The van der Waals surface area contributed by atoms with Crippen LogP contribution >= 0.6 is 0 Å². The van der Waals surface area contributed by atoms with E-state index in [9.17, 15) is 19.7 Å². The van der Waals surface area contributed by atoms with E-state index in [4.69, 9.17) is 14.5 Å². The first kappa shape index (κ1) is 32.4. The summed E-state index contributed by atoms with van der Waals surface area (Å²) in [7, 11) is 0. The van der Waals surface area contributed by atoms with Crippen LogP contribution in [-0.4, -0.2) is 104 Å². The van der Waals surface area contributed by atoms with Crippen molar-refractivity contribution in [2.24, 2.45) is 0 Å². The van der Waals surface area contributed by atoms with Crippen LogP contribution in [0.4, 0.5) is 19.0 Å². The maximum atomic E-state index is 17.0. The smallest absolute Gasteiger partial charge is 0.319 e. The third kappa shape index (κ3) is 5.55. The predicted octanol–water partition coefficient (Wildman–Crippen LogP) is 4.83. The molecule has 0 radical (unpaired) electrons. The van der Waals surface area contributed by atoms with Gasteiger partial charge in [0.15, 0.2) is 5.82 Å². The minimum atomic E-state index is -0.971. The molecular weight excluding hydrogens is 639 g/mol. The van der Waals surface area contributed by atoms with E-state index in [0.29, 0.717) is 72.9 Å². The maximum Gasteiger partial charge on any atom is 0.319 e. The summed E-state index contributed by atoms with van der Waals surface area (Å²) in [6, 6.07) is 5.70. The maximum absolute atomic E-state index is 17.0. The number of ether oxygens (including phenoxy) is 2. The number of aromatic nitrogens is 3. The van der Waals surface area contributed by atoms with E-state index in [1.54, 1.807) is 6.07 Å². The number of phenols is 1.